The van der Waals surface area contributed by atoms with E-state index in [0.29, 0.717) is 11.3 Å². The molecule has 0 atom stereocenters. The van der Waals surface area contributed by atoms with Crippen LogP contribution in [0.3, 0.4) is 0 Å². The van der Waals surface area contributed by atoms with Crippen molar-refractivity contribution in [2.75, 3.05) is 24.6 Å². The molecule has 2 heterocycles. The number of aryl methyl sites for hydroxylation is 1. The van der Waals surface area contributed by atoms with Gasteiger partial charge in [-0.3, -0.25) is 4.79 Å². The highest BCUT2D eigenvalue weighted by atomic mass is 32.2. The van der Waals surface area contributed by atoms with Crippen molar-refractivity contribution in [2.45, 2.75) is 19.8 Å². The first-order valence-electron chi connectivity index (χ1n) is 11.6. The number of hydrogen-bond acceptors (Lipinski definition) is 5. The number of nitrogens with zero attached hydrogens (tertiary/aromatic N) is 2. The van der Waals surface area contributed by atoms with Crippen LogP contribution in [0.4, 0.5) is 0 Å². The fourth-order valence-corrected chi connectivity index (χ4v) is 6.52. The van der Waals surface area contributed by atoms with E-state index in [9.17, 15) is 21.6 Å². The van der Waals surface area contributed by atoms with Crippen molar-refractivity contribution in [3.63, 3.8) is 0 Å². The topological polar surface area (TPSA) is 106 Å². The van der Waals surface area contributed by atoms with Gasteiger partial charge in [0.05, 0.1) is 22.8 Å². The number of benzene rings is 2. The molecule has 1 saturated heterocycles. The molecule has 0 radical (unpaired) electrons. The minimum absolute atomic E-state index is 0.140. The lowest BCUT2D eigenvalue weighted by atomic mass is 10.1. The highest BCUT2D eigenvalue weighted by Gasteiger charge is 2.32. The molecule has 0 aliphatic carbocycles. The molecule has 0 unspecified atom stereocenters. The van der Waals surface area contributed by atoms with E-state index >= 15 is 0 Å². The molecule has 8 nitrogen and oxygen atoms in total. The second-order valence-electron chi connectivity index (χ2n) is 8.48. The van der Waals surface area contributed by atoms with Crippen LogP contribution in [0.5, 0.6) is 0 Å². The van der Waals surface area contributed by atoms with Crippen LogP contribution in [0.25, 0.3) is 5.69 Å². The third-order valence-corrected chi connectivity index (χ3v) is 8.91. The summed E-state index contributed by atoms with van der Waals surface area (Å²) in [6, 6.07) is 16.4. The first-order chi connectivity index (χ1) is 17.2. The SMILES string of the molecule is CCCc1ccn(-c2c(C#Cc3ccccc3)cccc2C(=O)NS(=O)(=O)N2CCS(=O)(=O)CC2)c1. The van der Waals surface area contributed by atoms with Crippen LogP contribution in [-0.2, 0) is 26.5 Å². The van der Waals surface area contributed by atoms with E-state index in [1.807, 2.05) is 48.8 Å². The van der Waals surface area contributed by atoms with Gasteiger partial charge in [0.2, 0.25) is 0 Å². The molecule has 2 aromatic carbocycles. The standard InChI is InChI=1S/C26H27N3O5S2/c1-2-7-22-14-15-28(20-22)25-23(13-12-21-8-4-3-5-9-21)10-6-11-24(25)26(30)27-36(33,34)29-16-18-35(31,32)19-17-29/h3-6,8-11,14-15,20H,2,7,16-19H2,1H3,(H,27,30). The van der Waals surface area contributed by atoms with Crippen molar-refractivity contribution in [1.29, 1.82) is 0 Å². The molecule has 1 amide bonds. The van der Waals surface area contributed by atoms with Gasteiger partial charge in [0, 0.05) is 36.6 Å². The Morgan fingerprint density at radius 3 is 2.42 bits per heavy atom. The van der Waals surface area contributed by atoms with Gasteiger partial charge in [-0.1, -0.05) is 49.5 Å². The molecule has 1 fully saturated rings. The minimum Gasteiger partial charge on any atom is -0.322 e. The van der Waals surface area contributed by atoms with Crippen molar-refractivity contribution in [3.8, 4) is 17.5 Å². The number of rotatable bonds is 6. The van der Waals surface area contributed by atoms with E-state index in [1.165, 1.54) is 0 Å². The van der Waals surface area contributed by atoms with Gasteiger partial charge in [0.25, 0.3) is 5.91 Å². The van der Waals surface area contributed by atoms with Gasteiger partial charge in [-0.25, -0.2) is 13.1 Å². The molecular weight excluding hydrogens is 498 g/mol. The van der Waals surface area contributed by atoms with Gasteiger partial charge in [0.1, 0.15) is 0 Å². The Hall–Kier alpha value is -3.39. The minimum atomic E-state index is -4.23. The van der Waals surface area contributed by atoms with Gasteiger partial charge >= 0.3 is 10.2 Å². The number of amides is 1. The van der Waals surface area contributed by atoms with Crippen LogP contribution in [-0.4, -0.2) is 56.2 Å². The first-order valence-corrected chi connectivity index (χ1v) is 14.8. The Morgan fingerprint density at radius 2 is 1.72 bits per heavy atom. The molecule has 3 aromatic rings. The maximum absolute atomic E-state index is 13.3. The third kappa shape index (κ3) is 6.05. The fraction of sp³-hybridized carbons (Fsp3) is 0.269. The average molecular weight is 526 g/mol. The molecule has 1 aliphatic rings. The van der Waals surface area contributed by atoms with Crippen molar-refractivity contribution < 1.29 is 21.6 Å². The second-order valence-corrected chi connectivity index (χ2v) is 12.5. The lowest BCUT2D eigenvalue weighted by Crippen LogP contribution is -2.50. The van der Waals surface area contributed by atoms with Gasteiger partial charge in [-0.2, -0.15) is 12.7 Å². The van der Waals surface area contributed by atoms with Gasteiger partial charge < -0.3 is 4.57 Å². The van der Waals surface area contributed by atoms with Gasteiger partial charge in [-0.15, -0.1) is 0 Å². The normalized spacial score (nSPS) is 15.6. The molecule has 36 heavy (non-hydrogen) atoms. The van der Waals surface area contributed by atoms with Crippen LogP contribution < -0.4 is 4.72 Å². The van der Waals surface area contributed by atoms with Crippen LogP contribution in [0, 0.1) is 11.8 Å². The number of sulfone groups is 1. The average Bonchev–Trinajstić information content (AvgIpc) is 3.31. The summed E-state index contributed by atoms with van der Waals surface area (Å²) in [7, 11) is -7.50. The Bertz CT molecular complexity index is 1520. The molecule has 1 N–H and O–H groups in total. The molecule has 1 aromatic heterocycles. The van der Waals surface area contributed by atoms with Crippen LogP contribution >= 0.6 is 0 Å². The number of carbonyl (C=O) groups is 1. The Balaban J connectivity index is 1.71. The Kier molecular flexibility index (Phi) is 7.64. The Labute approximate surface area is 212 Å². The van der Waals surface area contributed by atoms with Crippen LogP contribution in [0.1, 0.15) is 40.4 Å². The summed E-state index contributed by atoms with van der Waals surface area (Å²) < 4.78 is 54.0. The van der Waals surface area contributed by atoms with Crippen LogP contribution in [0.15, 0.2) is 67.0 Å². The first kappa shape index (κ1) is 25.7. The zero-order valence-corrected chi connectivity index (χ0v) is 21.5. The summed E-state index contributed by atoms with van der Waals surface area (Å²) >= 11 is 0. The lowest BCUT2D eigenvalue weighted by molar-refractivity contribution is 0.0979. The zero-order chi connectivity index (χ0) is 25.8. The maximum atomic E-state index is 13.3. The van der Waals surface area contributed by atoms with E-state index in [4.69, 9.17) is 0 Å². The Morgan fingerprint density at radius 1 is 1.00 bits per heavy atom. The summed E-state index contributed by atoms with van der Waals surface area (Å²) in [6.07, 6.45) is 5.55. The van der Waals surface area contributed by atoms with E-state index in [2.05, 4.69) is 23.5 Å². The summed E-state index contributed by atoms with van der Waals surface area (Å²) in [6.45, 7) is 1.68. The molecule has 1 aliphatic heterocycles. The number of aromatic nitrogens is 1. The maximum Gasteiger partial charge on any atom is 0.304 e. The number of hydrogen-bond donors (Lipinski definition) is 1. The molecule has 4 rings (SSSR count). The summed E-state index contributed by atoms with van der Waals surface area (Å²) in [5.41, 5.74) is 3.06. The van der Waals surface area contributed by atoms with Crippen molar-refractivity contribution in [1.82, 2.24) is 13.6 Å². The molecule has 0 saturated carbocycles. The van der Waals surface area contributed by atoms with Crippen molar-refractivity contribution in [3.05, 3.63) is 89.2 Å². The largest absolute Gasteiger partial charge is 0.322 e. The monoisotopic (exact) mass is 525 g/mol. The van der Waals surface area contributed by atoms with E-state index < -0.39 is 26.0 Å². The zero-order valence-electron chi connectivity index (χ0n) is 19.8. The van der Waals surface area contributed by atoms with Crippen molar-refractivity contribution >= 4 is 26.0 Å². The highest BCUT2D eigenvalue weighted by molar-refractivity contribution is 7.92. The fourth-order valence-electron chi connectivity index (χ4n) is 3.96. The highest BCUT2D eigenvalue weighted by Crippen LogP contribution is 2.22. The molecule has 0 spiro atoms. The smallest absolute Gasteiger partial charge is 0.304 e. The van der Waals surface area contributed by atoms with E-state index in [0.717, 1.165) is 28.3 Å². The number of carbonyl (C=O) groups excluding carboxylic acids is 1. The van der Waals surface area contributed by atoms with E-state index in [-0.39, 0.29) is 30.2 Å². The summed E-state index contributed by atoms with van der Waals surface area (Å²) in [5.74, 6) is 4.86. The third-order valence-electron chi connectivity index (χ3n) is 5.81. The van der Waals surface area contributed by atoms with Gasteiger partial charge in [-0.05, 0) is 42.3 Å². The molecule has 188 valence electrons. The predicted octanol–water partition coefficient (Wildman–Crippen LogP) is 2.53. The molecular formula is C26H27N3O5S2. The quantitative estimate of drug-likeness (QED) is 0.498. The summed E-state index contributed by atoms with van der Waals surface area (Å²) in [5, 5.41) is 0. The van der Waals surface area contributed by atoms with E-state index in [1.54, 1.807) is 22.8 Å². The second kappa shape index (κ2) is 10.7. The predicted molar refractivity (Wildman–Crippen MR) is 139 cm³/mol. The number of para-hydroxylation sites is 1. The van der Waals surface area contributed by atoms with Gasteiger partial charge in [0.15, 0.2) is 9.84 Å². The van der Waals surface area contributed by atoms with Crippen molar-refractivity contribution in [2.24, 2.45) is 0 Å². The molecule has 10 heteroatoms. The number of nitrogens with one attached hydrogen (secondary N) is 1. The molecule has 0 bridgehead atoms. The van der Waals surface area contributed by atoms with Crippen LogP contribution in [0.2, 0.25) is 0 Å². The summed E-state index contributed by atoms with van der Waals surface area (Å²) in [4.78, 5) is 13.3. The lowest BCUT2D eigenvalue weighted by Gasteiger charge is -2.26.